The van der Waals surface area contributed by atoms with Crippen LogP contribution in [0.2, 0.25) is 0 Å². The number of hydrogen-bond acceptors (Lipinski definition) is 6. The maximum absolute atomic E-state index is 11.8. The van der Waals surface area contributed by atoms with E-state index in [2.05, 4.69) is 15.0 Å². The topological polar surface area (TPSA) is 81.0 Å². The number of hydrogen-bond donors (Lipinski definition) is 1. The number of H-pyrrole nitrogens is 1. The lowest BCUT2D eigenvalue weighted by molar-refractivity contribution is 0.393. The number of methoxy groups -OCH3 is 1. The first-order valence-electron chi connectivity index (χ1n) is 6.23. The minimum atomic E-state index is -0.286. The largest absolute Gasteiger partial charge is 0.481 e. The van der Waals surface area contributed by atoms with Crippen LogP contribution in [0.3, 0.4) is 0 Å². The first-order valence-corrected chi connectivity index (χ1v) is 7.38. The van der Waals surface area contributed by atoms with E-state index in [0.717, 1.165) is 34.4 Å². The van der Waals surface area contributed by atoms with E-state index in [-0.39, 0.29) is 11.1 Å². The highest BCUT2D eigenvalue weighted by Crippen LogP contribution is 2.38. The summed E-state index contributed by atoms with van der Waals surface area (Å²) in [5.41, 5.74) is 3.17. The molecular weight excluding hydrogens is 278 g/mol. The van der Waals surface area contributed by atoms with Crippen molar-refractivity contribution in [1.29, 1.82) is 0 Å². The van der Waals surface area contributed by atoms with Gasteiger partial charge in [0.1, 0.15) is 5.52 Å². The molecule has 0 saturated carbocycles. The van der Waals surface area contributed by atoms with Crippen LogP contribution in [0.5, 0.6) is 5.88 Å². The van der Waals surface area contributed by atoms with Crippen molar-refractivity contribution < 1.29 is 9.15 Å². The molecule has 0 aromatic carbocycles. The third kappa shape index (κ3) is 1.49. The number of ether oxygens (including phenoxy) is 1. The number of aromatic amines is 1. The van der Waals surface area contributed by atoms with Crippen LogP contribution < -0.4 is 10.3 Å². The minimum absolute atomic E-state index is 0.226. The molecule has 102 valence electrons. The van der Waals surface area contributed by atoms with Gasteiger partial charge in [-0.1, -0.05) is 0 Å². The minimum Gasteiger partial charge on any atom is -0.481 e. The van der Waals surface area contributed by atoms with Gasteiger partial charge in [-0.05, 0) is 17.7 Å². The number of fused-ring (bicyclic) bond motifs is 5. The molecule has 7 heteroatoms. The van der Waals surface area contributed by atoms with Gasteiger partial charge in [-0.25, -0.2) is 4.98 Å². The normalized spacial score (nSPS) is 14.7. The summed E-state index contributed by atoms with van der Waals surface area (Å²) in [5, 5.41) is 0.849. The highest BCUT2D eigenvalue weighted by molar-refractivity contribution is 7.98. The van der Waals surface area contributed by atoms with E-state index in [1.807, 2.05) is 11.8 Å². The summed E-state index contributed by atoms with van der Waals surface area (Å²) in [6.07, 6.45) is 2.30. The number of nitrogens with zero attached hydrogens (tertiary/aromatic N) is 2. The second-order valence-electron chi connectivity index (χ2n) is 4.57. The summed E-state index contributed by atoms with van der Waals surface area (Å²) in [6, 6.07) is 0. The van der Waals surface area contributed by atoms with Crippen LogP contribution in [-0.4, -0.2) is 27.8 Å². The van der Waals surface area contributed by atoms with Gasteiger partial charge in [-0.2, -0.15) is 16.7 Å². The lowest BCUT2D eigenvalue weighted by Crippen LogP contribution is -2.07. The first kappa shape index (κ1) is 11.8. The Kier molecular flexibility index (Phi) is 2.50. The third-order valence-corrected chi connectivity index (χ3v) is 4.51. The first-order chi connectivity index (χ1) is 9.79. The van der Waals surface area contributed by atoms with Gasteiger partial charge in [0.25, 0.3) is 5.56 Å². The Bertz CT molecular complexity index is 884. The smallest absolute Gasteiger partial charge is 0.294 e. The summed E-state index contributed by atoms with van der Waals surface area (Å²) in [4.78, 5) is 23.0. The van der Waals surface area contributed by atoms with Crippen molar-refractivity contribution in [1.82, 2.24) is 15.0 Å². The number of furan rings is 1. The molecule has 0 saturated heterocycles. The van der Waals surface area contributed by atoms with E-state index < -0.39 is 0 Å². The average molecular weight is 289 g/mol. The van der Waals surface area contributed by atoms with Gasteiger partial charge in [0.2, 0.25) is 17.2 Å². The summed E-state index contributed by atoms with van der Waals surface area (Å²) in [5.74, 6) is 2.47. The molecule has 0 amide bonds. The van der Waals surface area contributed by atoms with E-state index in [1.54, 1.807) is 7.11 Å². The van der Waals surface area contributed by atoms with E-state index in [1.165, 1.54) is 6.33 Å². The fourth-order valence-electron chi connectivity index (χ4n) is 2.64. The lowest BCUT2D eigenvalue weighted by atomic mass is 10.0. The van der Waals surface area contributed by atoms with Gasteiger partial charge in [0, 0.05) is 11.3 Å². The van der Waals surface area contributed by atoms with Gasteiger partial charge < -0.3 is 14.1 Å². The zero-order valence-electron chi connectivity index (χ0n) is 10.7. The maximum atomic E-state index is 11.8. The lowest BCUT2D eigenvalue weighted by Gasteiger charge is -2.17. The quantitative estimate of drug-likeness (QED) is 0.736. The van der Waals surface area contributed by atoms with E-state index in [0.29, 0.717) is 17.1 Å². The molecule has 3 aromatic rings. The van der Waals surface area contributed by atoms with Crippen molar-refractivity contribution in [2.75, 3.05) is 12.9 Å². The van der Waals surface area contributed by atoms with Crippen molar-refractivity contribution in [3.8, 4) is 5.88 Å². The second kappa shape index (κ2) is 4.24. The van der Waals surface area contributed by atoms with Gasteiger partial charge >= 0.3 is 0 Å². The van der Waals surface area contributed by atoms with E-state index in [9.17, 15) is 4.79 Å². The molecule has 0 spiro atoms. The molecule has 20 heavy (non-hydrogen) atoms. The number of rotatable bonds is 1. The fraction of sp³-hybridized carbons (Fsp3) is 0.308. The highest BCUT2D eigenvalue weighted by atomic mass is 32.2. The van der Waals surface area contributed by atoms with Crippen LogP contribution in [-0.2, 0) is 12.2 Å². The van der Waals surface area contributed by atoms with Crippen molar-refractivity contribution in [3.05, 3.63) is 27.8 Å². The van der Waals surface area contributed by atoms with Crippen molar-refractivity contribution >= 4 is 34.0 Å². The molecule has 0 bridgehead atoms. The molecule has 6 nitrogen and oxygen atoms in total. The van der Waals surface area contributed by atoms with Gasteiger partial charge in [-0.15, -0.1) is 0 Å². The van der Waals surface area contributed by atoms with Crippen molar-refractivity contribution in [3.63, 3.8) is 0 Å². The molecule has 3 aromatic heterocycles. The maximum Gasteiger partial charge on any atom is 0.294 e. The molecular formula is C13H11N3O3S. The average Bonchev–Trinajstić information content (AvgIpc) is 2.86. The van der Waals surface area contributed by atoms with Crippen molar-refractivity contribution in [2.45, 2.75) is 12.2 Å². The highest BCUT2D eigenvalue weighted by Gasteiger charge is 2.24. The van der Waals surface area contributed by atoms with Crippen LogP contribution in [0.4, 0.5) is 0 Å². The Labute approximate surface area is 117 Å². The Morgan fingerprint density at radius 3 is 3.20 bits per heavy atom. The van der Waals surface area contributed by atoms with Gasteiger partial charge in [-0.3, -0.25) is 4.79 Å². The molecule has 1 aliphatic heterocycles. The molecule has 0 aliphatic carbocycles. The van der Waals surface area contributed by atoms with E-state index >= 15 is 0 Å². The molecule has 1 N–H and O–H groups in total. The molecule has 4 rings (SSSR count). The fourth-order valence-corrected chi connectivity index (χ4v) is 3.64. The van der Waals surface area contributed by atoms with Crippen LogP contribution in [0.15, 0.2) is 15.5 Å². The van der Waals surface area contributed by atoms with E-state index in [4.69, 9.17) is 9.15 Å². The third-order valence-electron chi connectivity index (χ3n) is 3.52. The van der Waals surface area contributed by atoms with Crippen LogP contribution in [0, 0.1) is 0 Å². The van der Waals surface area contributed by atoms with Crippen LogP contribution in [0.1, 0.15) is 11.1 Å². The zero-order chi connectivity index (χ0) is 13.7. The summed E-state index contributed by atoms with van der Waals surface area (Å²) in [6.45, 7) is 0. The predicted octanol–water partition coefficient (Wildman–Crippen LogP) is 1.86. The Balaban J connectivity index is 2.22. The predicted molar refractivity (Wildman–Crippen MR) is 76.3 cm³/mol. The monoisotopic (exact) mass is 289 g/mol. The molecule has 0 radical (unpaired) electrons. The van der Waals surface area contributed by atoms with Crippen LogP contribution in [0.25, 0.3) is 22.2 Å². The number of nitrogens with one attached hydrogen (secondary N) is 1. The van der Waals surface area contributed by atoms with Crippen molar-refractivity contribution in [2.24, 2.45) is 0 Å². The van der Waals surface area contributed by atoms with Crippen LogP contribution >= 0.6 is 11.8 Å². The Morgan fingerprint density at radius 1 is 1.45 bits per heavy atom. The number of aryl methyl sites for hydroxylation is 1. The Hall–Kier alpha value is -2.02. The summed E-state index contributed by atoms with van der Waals surface area (Å²) < 4.78 is 10.9. The summed E-state index contributed by atoms with van der Waals surface area (Å²) in [7, 11) is 1.60. The number of thioether (sulfide) groups is 1. The Morgan fingerprint density at radius 2 is 2.35 bits per heavy atom. The van der Waals surface area contributed by atoms with Gasteiger partial charge in [0.15, 0.2) is 0 Å². The second-order valence-corrected chi connectivity index (χ2v) is 5.68. The molecule has 0 unspecified atom stereocenters. The SMILES string of the molecule is COc1nc2oc3c(=O)[nH]cnc3c2c2c1CSCC2. The standard InChI is InChI=1S/C13H11N3O3S/c1-18-12-7-4-20-3-2-6(7)8-9-10(19-13(8)16-12)11(17)15-5-14-9/h5H,2-4H2,1H3,(H,14,15,17). The zero-order valence-corrected chi connectivity index (χ0v) is 11.5. The molecule has 0 atom stereocenters. The molecule has 1 aliphatic rings. The molecule has 0 fully saturated rings. The molecule has 4 heterocycles. The number of aromatic nitrogens is 3. The van der Waals surface area contributed by atoms with Gasteiger partial charge in [0.05, 0.1) is 18.8 Å². The summed E-state index contributed by atoms with van der Waals surface area (Å²) >= 11 is 1.85. The number of pyridine rings is 1.